The smallest absolute Gasteiger partial charge is 0.340 e. The highest BCUT2D eigenvalue weighted by atomic mass is 35.5. The SMILES string of the molecule is Nc1ccc(C(=O)OCc2ccc(Cl)cc2)c(N)c1. The highest BCUT2D eigenvalue weighted by Crippen LogP contribution is 2.17. The van der Waals surface area contributed by atoms with Gasteiger partial charge in [-0.1, -0.05) is 23.7 Å². The molecule has 0 heterocycles. The number of esters is 1. The number of rotatable bonds is 3. The summed E-state index contributed by atoms with van der Waals surface area (Å²) in [4.78, 5) is 11.8. The van der Waals surface area contributed by atoms with Crippen molar-refractivity contribution in [1.29, 1.82) is 0 Å². The van der Waals surface area contributed by atoms with Crippen LogP contribution in [0, 0.1) is 0 Å². The van der Waals surface area contributed by atoms with Gasteiger partial charge < -0.3 is 16.2 Å². The van der Waals surface area contributed by atoms with Gasteiger partial charge in [-0.2, -0.15) is 0 Å². The summed E-state index contributed by atoms with van der Waals surface area (Å²) in [5.41, 5.74) is 13.2. The van der Waals surface area contributed by atoms with E-state index in [1.165, 1.54) is 6.07 Å². The molecule has 0 fully saturated rings. The number of nitrogen functional groups attached to an aromatic ring is 2. The van der Waals surface area contributed by atoms with Crippen LogP contribution in [0.5, 0.6) is 0 Å². The van der Waals surface area contributed by atoms with Gasteiger partial charge in [-0.05, 0) is 35.9 Å². The van der Waals surface area contributed by atoms with E-state index < -0.39 is 5.97 Å². The maximum absolute atomic E-state index is 11.8. The van der Waals surface area contributed by atoms with Gasteiger partial charge in [0, 0.05) is 16.4 Å². The van der Waals surface area contributed by atoms with E-state index in [0.717, 1.165) is 5.56 Å². The molecule has 0 unspecified atom stereocenters. The van der Waals surface area contributed by atoms with Crippen LogP contribution in [0.15, 0.2) is 42.5 Å². The van der Waals surface area contributed by atoms with Gasteiger partial charge in [0.15, 0.2) is 0 Å². The quantitative estimate of drug-likeness (QED) is 0.667. The maximum Gasteiger partial charge on any atom is 0.340 e. The molecular weight excluding hydrogens is 264 g/mol. The van der Waals surface area contributed by atoms with Crippen LogP contribution in [0.4, 0.5) is 11.4 Å². The van der Waals surface area contributed by atoms with Crippen LogP contribution in [-0.2, 0) is 11.3 Å². The molecule has 98 valence electrons. The number of hydrogen-bond donors (Lipinski definition) is 2. The lowest BCUT2D eigenvalue weighted by atomic mass is 10.1. The first kappa shape index (κ1) is 13.2. The lowest BCUT2D eigenvalue weighted by molar-refractivity contribution is 0.0474. The number of hydrogen-bond acceptors (Lipinski definition) is 4. The third kappa shape index (κ3) is 3.39. The zero-order valence-electron chi connectivity index (χ0n) is 10.1. The number of carbonyl (C=O) groups is 1. The predicted molar refractivity (Wildman–Crippen MR) is 75.8 cm³/mol. The first-order valence-corrected chi connectivity index (χ1v) is 6.00. The summed E-state index contributed by atoms with van der Waals surface area (Å²) in [5, 5.41) is 0.637. The van der Waals surface area contributed by atoms with Gasteiger partial charge in [-0.3, -0.25) is 0 Å². The van der Waals surface area contributed by atoms with E-state index >= 15 is 0 Å². The van der Waals surface area contributed by atoms with E-state index in [0.29, 0.717) is 22.0 Å². The summed E-state index contributed by atoms with van der Waals surface area (Å²) < 4.78 is 5.17. The predicted octanol–water partition coefficient (Wildman–Crippen LogP) is 2.86. The molecule has 0 saturated carbocycles. The first-order valence-electron chi connectivity index (χ1n) is 5.63. The van der Waals surface area contributed by atoms with Crippen LogP contribution in [0.2, 0.25) is 5.02 Å². The molecule has 0 bridgehead atoms. The molecule has 0 radical (unpaired) electrons. The summed E-state index contributed by atoms with van der Waals surface area (Å²) in [6, 6.07) is 11.7. The number of benzene rings is 2. The standard InChI is InChI=1S/C14H13ClN2O2/c15-10-3-1-9(2-4-10)8-19-14(18)12-6-5-11(16)7-13(12)17/h1-7H,8,16-17H2. The Bertz CT molecular complexity index is 597. The molecular formula is C14H13ClN2O2. The fraction of sp³-hybridized carbons (Fsp3) is 0.0714. The van der Waals surface area contributed by atoms with Crippen molar-refractivity contribution in [2.45, 2.75) is 6.61 Å². The first-order chi connectivity index (χ1) is 9.06. The van der Waals surface area contributed by atoms with Gasteiger partial charge in [-0.25, -0.2) is 4.79 Å². The Balaban J connectivity index is 2.03. The Morgan fingerprint density at radius 1 is 1.11 bits per heavy atom. The summed E-state index contributed by atoms with van der Waals surface area (Å²) in [5.74, 6) is -0.479. The molecule has 0 aliphatic heterocycles. The van der Waals surface area contributed by atoms with Crippen LogP contribution in [0.1, 0.15) is 15.9 Å². The van der Waals surface area contributed by atoms with Gasteiger partial charge in [0.2, 0.25) is 0 Å². The Morgan fingerprint density at radius 2 is 1.79 bits per heavy atom. The Hall–Kier alpha value is -2.20. The second-order valence-corrected chi connectivity index (χ2v) is 4.49. The number of carbonyl (C=O) groups excluding carboxylic acids is 1. The molecule has 2 aromatic carbocycles. The molecule has 2 aromatic rings. The second-order valence-electron chi connectivity index (χ2n) is 4.05. The van der Waals surface area contributed by atoms with E-state index in [1.807, 2.05) is 0 Å². The summed E-state index contributed by atoms with van der Waals surface area (Å²) in [6.07, 6.45) is 0. The van der Waals surface area contributed by atoms with Crippen LogP contribution in [-0.4, -0.2) is 5.97 Å². The maximum atomic E-state index is 11.8. The Labute approximate surface area is 115 Å². The fourth-order valence-electron chi connectivity index (χ4n) is 1.57. The molecule has 2 rings (SSSR count). The fourth-order valence-corrected chi connectivity index (χ4v) is 1.70. The van der Waals surface area contributed by atoms with Crippen molar-refractivity contribution in [3.05, 3.63) is 58.6 Å². The van der Waals surface area contributed by atoms with Crippen molar-refractivity contribution in [3.63, 3.8) is 0 Å². The zero-order valence-corrected chi connectivity index (χ0v) is 10.9. The minimum atomic E-state index is -0.479. The van der Waals surface area contributed by atoms with Crippen LogP contribution < -0.4 is 11.5 Å². The molecule has 4 N–H and O–H groups in total. The number of halogens is 1. The third-order valence-electron chi connectivity index (χ3n) is 2.58. The molecule has 0 spiro atoms. The average Bonchev–Trinajstić information content (AvgIpc) is 2.37. The Morgan fingerprint density at radius 3 is 2.42 bits per heavy atom. The lowest BCUT2D eigenvalue weighted by Crippen LogP contribution is -2.08. The molecule has 0 atom stereocenters. The van der Waals surface area contributed by atoms with Gasteiger partial charge in [-0.15, -0.1) is 0 Å². The molecule has 0 aromatic heterocycles. The minimum Gasteiger partial charge on any atom is -0.457 e. The minimum absolute atomic E-state index is 0.166. The molecule has 19 heavy (non-hydrogen) atoms. The third-order valence-corrected chi connectivity index (χ3v) is 2.83. The van der Waals surface area contributed by atoms with E-state index in [9.17, 15) is 4.79 Å². The average molecular weight is 277 g/mol. The lowest BCUT2D eigenvalue weighted by Gasteiger charge is -2.07. The largest absolute Gasteiger partial charge is 0.457 e. The van der Waals surface area contributed by atoms with Gasteiger partial charge >= 0.3 is 5.97 Å². The van der Waals surface area contributed by atoms with Crippen molar-refractivity contribution in [2.24, 2.45) is 0 Å². The number of nitrogens with two attached hydrogens (primary N) is 2. The molecule has 0 amide bonds. The van der Waals surface area contributed by atoms with Crippen molar-refractivity contribution in [1.82, 2.24) is 0 Å². The summed E-state index contributed by atoms with van der Waals surface area (Å²) >= 11 is 5.77. The molecule has 4 nitrogen and oxygen atoms in total. The molecule has 0 saturated heterocycles. The van der Waals surface area contributed by atoms with Gasteiger partial charge in [0.05, 0.1) is 5.56 Å². The highest BCUT2D eigenvalue weighted by Gasteiger charge is 2.11. The topological polar surface area (TPSA) is 78.3 Å². The summed E-state index contributed by atoms with van der Waals surface area (Å²) in [6.45, 7) is 0.166. The summed E-state index contributed by atoms with van der Waals surface area (Å²) in [7, 11) is 0. The number of anilines is 2. The van der Waals surface area contributed by atoms with Crippen molar-refractivity contribution >= 4 is 28.9 Å². The monoisotopic (exact) mass is 276 g/mol. The van der Waals surface area contributed by atoms with Gasteiger partial charge in [0.1, 0.15) is 6.61 Å². The van der Waals surface area contributed by atoms with E-state index in [1.54, 1.807) is 36.4 Å². The normalized spacial score (nSPS) is 10.2. The van der Waals surface area contributed by atoms with E-state index in [2.05, 4.69) is 0 Å². The van der Waals surface area contributed by atoms with Crippen LogP contribution in [0.3, 0.4) is 0 Å². The van der Waals surface area contributed by atoms with Crippen LogP contribution in [0.25, 0.3) is 0 Å². The van der Waals surface area contributed by atoms with Gasteiger partial charge in [0.25, 0.3) is 0 Å². The highest BCUT2D eigenvalue weighted by molar-refractivity contribution is 6.30. The van der Waals surface area contributed by atoms with E-state index in [4.69, 9.17) is 27.8 Å². The molecule has 5 heteroatoms. The Kier molecular flexibility index (Phi) is 3.92. The van der Waals surface area contributed by atoms with Crippen molar-refractivity contribution in [2.75, 3.05) is 11.5 Å². The zero-order chi connectivity index (χ0) is 13.8. The van der Waals surface area contributed by atoms with Crippen molar-refractivity contribution < 1.29 is 9.53 Å². The van der Waals surface area contributed by atoms with Crippen molar-refractivity contribution in [3.8, 4) is 0 Å². The second kappa shape index (κ2) is 5.63. The molecule has 0 aliphatic carbocycles. The van der Waals surface area contributed by atoms with E-state index in [-0.39, 0.29) is 6.61 Å². The van der Waals surface area contributed by atoms with Crippen LogP contribution >= 0.6 is 11.6 Å². The number of ether oxygens (including phenoxy) is 1. The molecule has 0 aliphatic rings.